The van der Waals surface area contributed by atoms with Gasteiger partial charge in [0.1, 0.15) is 11.5 Å². The maximum absolute atomic E-state index is 12.1. The first-order valence-electron chi connectivity index (χ1n) is 7.01. The molecule has 1 fully saturated rings. The standard InChI is InChI=1S/C15H20N2O4/c16-15(21)7-10-3-5-17(6-4-10)9-14(20)12-2-1-11(18)8-13(12)19/h1-2,8,10,18-19H,3-7,9H2,(H2,16,21). The zero-order valence-corrected chi connectivity index (χ0v) is 11.8. The lowest BCUT2D eigenvalue weighted by molar-refractivity contribution is -0.119. The van der Waals surface area contributed by atoms with Gasteiger partial charge in [0.25, 0.3) is 0 Å². The maximum Gasteiger partial charge on any atom is 0.217 e. The molecule has 1 aliphatic heterocycles. The number of benzene rings is 1. The number of primary amides is 1. The van der Waals surface area contributed by atoms with Crippen LogP contribution in [0.5, 0.6) is 11.5 Å². The Bertz CT molecular complexity index is 536. The highest BCUT2D eigenvalue weighted by molar-refractivity contribution is 6.00. The van der Waals surface area contributed by atoms with Gasteiger partial charge in [-0.1, -0.05) is 0 Å². The van der Waals surface area contributed by atoms with Gasteiger partial charge in [-0.3, -0.25) is 14.5 Å². The summed E-state index contributed by atoms with van der Waals surface area (Å²) in [6.07, 6.45) is 2.09. The molecule has 0 saturated carbocycles. The summed E-state index contributed by atoms with van der Waals surface area (Å²) in [4.78, 5) is 25.0. The van der Waals surface area contributed by atoms with E-state index in [2.05, 4.69) is 0 Å². The Kier molecular flexibility index (Phi) is 4.80. The van der Waals surface area contributed by atoms with Gasteiger partial charge in [-0.25, -0.2) is 0 Å². The molecule has 0 aliphatic carbocycles. The largest absolute Gasteiger partial charge is 0.508 e. The third-order valence-corrected chi connectivity index (χ3v) is 3.85. The lowest BCUT2D eigenvalue weighted by Crippen LogP contribution is -2.38. The van der Waals surface area contributed by atoms with Gasteiger partial charge in [0.2, 0.25) is 5.91 Å². The van der Waals surface area contributed by atoms with E-state index in [1.807, 2.05) is 4.90 Å². The van der Waals surface area contributed by atoms with E-state index < -0.39 is 0 Å². The van der Waals surface area contributed by atoms with Crippen molar-refractivity contribution in [2.75, 3.05) is 19.6 Å². The van der Waals surface area contributed by atoms with Gasteiger partial charge in [-0.05, 0) is 44.0 Å². The van der Waals surface area contributed by atoms with Crippen LogP contribution >= 0.6 is 0 Å². The van der Waals surface area contributed by atoms with Crippen molar-refractivity contribution in [3.8, 4) is 11.5 Å². The van der Waals surface area contributed by atoms with Gasteiger partial charge in [-0.15, -0.1) is 0 Å². The fourth-order valence-corrected chi connectivity index (χ4v) is 2.68. The number of ketones is 1. The second-order valence-corrected chi connectivity index (χ2v) is 5.51. The number of phenolic OH excluding ortho intramolecular Hbond substituents is 2. The van der Waals surface area contributed by atoms with Crippen LogP contribution in [0.2, 0.25) is 0 Å². The van der Waals surface area contributed by atoms with Gasteiger partial charge in [0.05, 0.1) is 12.1 Å². The van der Waals surface area contributed by atoms with Crippen LogP contribution in [-0.2, 0) is 4.79 Å². The van der Waals surface area contributed by atoms with E-state index >= 15 is 0 Å². The number of hydrogen-bond acceptors (Lipinski definition) is 5. The smallest absolute Gasteiger partial charge is 0.217 e. The Labute approximate surface area is 123 Å². The van der Waals surface area contributed by atoms with Crippen molar-refractivity contribution < 1.29 is 19.8 Å². The second kappa shape index (κ2) is 6.58. The zero-order chi connectivity index (χ0) is 15.4. The fraction of sp³-hybridized carbons (Fsp3) is 0.467. The summed E-state index contributed by atoms with van der Waals surface area (Å²) in [7, 11) is 0. The third kappa shape index (κ3) is 4.19. The lowest BCUT2D eigenvalue weighted by Gasteiger charge is -2.30. The van der Waals surface area contributed by atoms with Crippen molar-refractivity contribution >= 4 is 11.7 Å². The van der Waals surface area contributed by atoms with Crippen LogP contribution in [0.3, 0.4) is 0 Å². The average molecular weight is 292 g/mol. The number of carbonyl (C=O) groups excluding carboxylic acids is 2. The molecule has 6 nitrogen and oxygen atoms in total. The molecule has 114 valence electrons. The van der Waals surface area contributed by atoms with Crippen molar-refractivity contribution in [2.45, 2.75) is 19.3 Å². The highest BCUT2D eigenvalue weighted by Crippen LogP contribution is 2.24. The van der Waals surface area contributed by atoms with E-state index in [0.29, 0.717) is 12.3 Å². The first kappa shape index (κ1) is 15.3. The van der Waals surface area contributed by atoms with Crippen LogP contribution in [0.25, 0.3) is 0 Å². The molecular weight excluding hydrogens is 272 g/mol. The molecule has 0 atom stereocenters. The molecule has 0 unspecified atom stereocenters. The van der Waals surface area contributed by atoms with Gasteiger partial charge < -0.3 is 15.9 Å². The summed E-state index contributed by atoms with van der Waals surface area (Å²) < 4.78 is 0. The number of aromatic hydroxyl groups is 2. The molecule has 21 heavy (non-hydrogen) atoms. The Morgan fingerprint density at radius 2 is 1.90 bits per heavy atom. The molecule has 1 aromatic carbocycles. The number of nitrogens with zero attached hydrogens (tertiary/aromatic N) is 1. The fourth-order valence-electron chi connectivity index (χ4n) is 2.68. The Hall–Kier alpha value is -2.08. The second-order valence-electron chi connectivity index (χ2n) is 5.51. The van der Waals surface area contributed by atoms with Gasteiger partial charge in [0.15, 0.2) is 5.78 Å². The number of hydrogen-bond donors (Lipinski definition) is 3. The Balaban J connectivity index is 1.88. The predicted molar refractivity (Wildman–Crippen MR) is 77.1 cm³/mol. The van der Waals surface area contributed by atoms with E-state index in [4.69, 9.17) is 5.73 Å². The minimum absolute atomic E-state index is 0.0729. The summed E-state index contributed by atoms with van der Waals surface area (Å²) >= 11 is 0. The Morgan fingerprint density at radius 3 is 2.48 bits per heavy atom. The van der Waals surface area contributed by atoms with Crippen LogP contribution < -0.4 is 5.73 Å². The summed E-state index contributed by atoms with van der Waals surface area (Å²) in [6.45, 7) is 1.70. The summed E-state index contributed by atoms with van der Waals surface area (Å²) in [6, 6.07) is 3.96. The van der Waals surface area contributed by atoms with Crippen LogP contribution in [0.1, 0.15) is 29.6 Å². The number of rotatable bonds is 5. The van der Waals surface area contributed by atoms with E-state index in [1.54, 1.807) is 0 Å². The van der Waals surface area contributed by atoms with Crippen molar-refractivity contribution in [1.82, 2.24) is 4.90 Å². The molecule has 0 spiro atoms. The molecule has 4 N–H and O–H groups in total. The van der Waals surface area contributed by atoms with Gasteiger partial charge in [0, 0.05) is 12.5 Å². The molecule has 2 rings (SSSR count). The van der Waals surface area contributed by atoms with Crippen LogP contribution in [0, 0.1) is 5.92 Å². The number of Topliss-reactive ketones (excluding diaryl/α,β-unsaturated/α-hetero) is 1. The summed E-state index contributed by atoms with van der Waals surface area (Å²) in [5.74, 6) is -0.435. The molecule has 6 heteroatoms. The molecule has 1 saturated heterocycles. The monoisotopic (exact) mass is 292 g/mol. The predicted octanol–water partition coefficient (Wildman–Crippen LogP) is 0.868. The topological polar surface area (TPSA) is 104 Å². The number of phenols is 2. The first-order valence-corrected chi connectivity index (χ1v) is 7.01. The van der Waals surface area contributed by atoms with E-state index in [0.717, 1.165) is 32.0 Å². The van der Waals surface area contributed by atoms with Crippen molar-refractivity contribution in [3.05, 3.63) is 23.8 Å². The summed E-state index contributed by atoms with van der Waals surface area (Å²) in [5.41, 5.74) is 5.40. The van der Waals surface area contributed by atoms with Crippen LogP contribution in [0.15, 0.2) is 18.2 Å². The molecule has 0 aromatic heterocycles. The first-order chi connectivity index (χ1) is 9.95. The molecule has 1 amide bonds. The highest BCUT2D eigenvalue weighted by atomic mass is 16.3. The van der Waals surface area contributed by atoms with Crippen molar-refractivity contribution in [3.63, 3.8) is 0 Å². The molecule has 0 radical (unpaired) electrons. The Morgan fingerprint density at radius 1 is 1.24 bits per heavy atom. The molecule has 1 heterocycles. The SMILES string of the molecule is NC(=O)CC1CCN(CC(=O)c2ccc(O)cc2O)CC1. The molecule has 1 aromatic rings. The van der Waals surface area contributed by atoms with E-state index in [1.165, 1.54) is 12.1 Å². The number of piperidine rings is 1. The third-order valence-electron chi connectivity index (χ3n) is 3.85. The summed E-state index contributed by atoms with van der Waals surface area (Å²) in [5, 5.41) is 18.9. The van der Waals surface area contributed by atoms with E-state index in [-0.39, 0.29) is 35.3 Å². The number of nitrogens with two attached hydrogens (primary N) is 1. The highest BCUT2D eigenvalue weighted by Gasteiger charge is 2.23. The number of amides is 1. The molecule has 1 aliphatic rings. The van der Waals surface area contributed by atoms with Gasteiger partial charge >= 0.3 is 0 Å². The number of likely N-dealkylation sites (tertiary alicyclic amines) is 1. The maximum atomic E-state index is 12.1. The minimum atomic E-state index is -0.279. The van der Waals surface area contributed by atoms with Crippen LogP contribution in [-0.4, -0.2) is 46.4 Å². The van der Waals surface area contributed by atoms with E-state index in [9.17, 15) is 19.8 Å². The normalized spacial score (nSPS) is 16.8. The van der Waals surface area contributed by atoms with Crippen LogP contribution in [0.4, 0.5) is 0 Å². The van der Waals surface area contributed by atoms with Crippen molar-refractivity contribution in [1.29, 1.82) is 0 Å². The minimum Gasteiger partial charge on any atom is -0.508 e. The quantitative estimate of drug-likeness (QED) is 0.699. The lowest BCUT2D eigenvalue weighted by atomic mass is 9.93. The average Bonchev–Trinajstić information content (AvgIpc) is 2.40. The molecular formula is C15H20N2O4. The molecule has 0 bridgehead atoms. The zero-order valence-electron chi connectivity index (χ0n) is 11.8. The van der Waals surface area contributed by atoms with Gasteiger partial charge in [-0.2, -0.15) is 0 Å². The van der Waals surface area contributed by atoms with Crippen molar-refractivity contribution in [2.24, 2.45) is 11.7 Å². The number of carbonyl (C=O) groups is 2.